The summed E-state index contributed by atoms with van der Waals surface area (Å²) in [4.78, 5) is 12.2. The minimum atomic E-state index is -0.368. The zero-order chi connectivity index (χ0) is 20.1. The van der Waals surface area contributed by atoms with Crippen molar-refractivity contribution in [2.45, 2.75) is 6.92 Å². The van der Waals surface area contributed by atoms with Crippen molar-refractivity contribution in [1.29, 1.82) is 0 Å². The topological polar surface area (TPSA) is 52.6 Å². The lowest BCUT2D eigenvalue weighted by atomic mass is 9.95. The molecule has 0 unspecified atom stereocenters. The standard InChI is InChI=1S/C25H20O4/c1-2-27-25(26)17-22(18-7-11-20(12-8-18)23-5-3-15-28-23)19-9-13-21(14-10-19)24-6-4-16-29-24/h3-17H,2H2,1H3. The van der Waals surface area contributed by atoms with Gasteiger partial charge in [-0.2, -0.15) is 0 Å². The van der Waals surface area contributed by atoms with E-state index in [0.717, 1.165) is 39.3 Å². The molecule has 2 aromatic carbocycles. The highest BCUT2D eigenvalue weighted by atomic mass is 16.5. The zero-order valence-electron chi connectivity index (χ0n) is 16.0. The first-order valence-electron chi connectivity index (χ1n) is 9.41. The molecule has 4 heteroatoms. The number of furan rings is 2. The summed E-state index contributed by atoms with van der Waals surface area (Å²) in [5.74, 6) is 1.23. The van der Waals surface area contributed by atoms with E-state index in [9.17, 15) is 4.79 Å². The van der Waals surface area contributed by atoms with Gasteiger partial charge in [0.05, 0.1) is 19.1 Å². The van der Waals surface area contributed by atoms with Crippen LogP contribution >= 0.6 is 0 Å². The highest BCUT2D eigenvalue weighted by Crippen LogP contribution is 2.29. The Morgan fingerprint density at radius 3 is 1.66 bits per heavy atom. The molecule has 29 heavy (non-hydrogen) atoms. The summed E-state index contributed by atoms with van der Waals surface area (Å²) in [6.45, 7) is 2.12. The van der Waals surface area contributed by atoms with Gasteiger partial charge in [0, 0.05) is 17.2 Å². The second-order valence-electron chi connectivity index (χ2n) is 6.42. The molecule has 2 heterocycles. The number of carbonyl (C=O) groups is 1. The molecule has 0 aliphatic rings. The normalized spacial score (nSPS) is 10.5. The van der Waals surface area contributed by atoms with Gasteiger partial charge in [-0.25, -0.2) is 4.79 Å². The maximum absolute atomic E-state index is 12.2. The fourth-order valence-electron chi connectivity index (χ4n) is 3.15. The van der Waals surface area contributed by atoms with Crippen LogP contribution in [0.25, 0.3) is 28.2 Å². The Morgan fingerprint density at radius 1 is 0.793 bits per heavy atom. The Bertz CT molecular complexity index is 1010. The second kappa shape index (κ2) is 8.48. The van der Waals surface area contributed by atoms with E-state index in [2.05, 4.69) is 0 Å². The van der Waals surface area contributed by atoms with Crippen molar-refractivity contribution in [3.05, 3.63) is 103 Å². The van der Waals surface area contributed by atoms with Gasteiger partial charge in [-0.05, 0) is 47.9 Å². The summed E-state index contributed by atoms with van der Waals surface area (Å²) in [5.41, 5.74) is 4.57. The maximum atomic E-state index is 12.2. The van der Waals surface area contributed by atoms with Crippen LogP contribution in [0.15, 0.2) is 100 Å². The van der Waals surface area contributed by atoms with E-state index in [0.29, 0.717) is 6.61 Å². The summed E-state index contributed by atoms with van der Waals surface area (Å²) in [6, 6.07) is 23.4. The average molecular weight is 384 g/mol. The predicted molar refractivity (Wildman–Crippen MR) is 112 cm³/mol. The first kappa shape index (κ1) is 18.6. The lowest BCUT2D eigenvalue weighted by molar-refractivity contribution is -0.137. The Kier molecular flexibility index (Phi) is 5.43. The van der Waals surface area contributed by atoms with Crippen LogP contribution in [0.3, 0.4) is 0 Å². The fraction of sp³-hybridized carbons (Fsp3) is 0.0800. The third-order valence-corrected chi connectivity index (χ3v) is 4.55. The van der Waals surface area contributed by atoms with Crippen LogP contribution in [0.1, 0.15) is 18.1 Å². The molecular formula is C25H20O4. The lowest BCUT2D eigenvalue weighted by Gasteiger charge is -2.10. The van der Waals surface area contributed by atoms with Crippen molar-refractivity contribution in [3.8, 4) is 22.6 Å². The number of ether oxygens (including phenoxy) is 1. The smallest absolute Gasteiger partial charge is 0.331 e. The van der Waals surface area contributed by atoms with Crippen molar-refractivity contribution in [1.82, 2.24) is 0 Å². The van der Waals surface area contributed by atoms with Crippen LogP contribution in [0.2, 0.25) is 0 Å². The molecule has 4 nitrogen and oxygen atoms in total. The molecule has 0 bridgehead atoms. The average Bonchev–Trinajstić information content (AvgIpc) is 3.47. The summed E-state index contributed by atoms with van der Waals surface area (Å²) in [7, 11) is 0. The molecule has 0 saturated heterocycles. The third-order valence-electron chi connectivity index (χ3n) is 4.55. The van der Waals surface area contributed by atoms with Crippen molar-refractivity contribution >= 4 is 11.5 Å². The van der Waals surface area contributed by atoms with E-state index in [1.54, 1.807) is 19.5 Å². The number of esters is 1. The quantitative estimate of drug-likeness (QED) is 0.293. The van der Waals surface area contributed by atoms with Gasteiger partial charge in [0.1, 0.15) is 11.5 Å². The maximum Gasteiger partial charge on any atom is 0.331 e. The van der Waals surface area contributed by atoms with Gasteiger partial charge in [0.15, 0.2) is 0 Å². The number of benzene rings is 2. The number of rotatable bonds is 6. The van der Waals surface area contributed by atoms with Crippen LogP contribution < -0.4 is 0 Å². The van der Waals surface area contributed by atoms with Crippen LogP contribution in [-0.2, 0) is 9.53 Å². The number of hydrogen-bond acceptors (Lipinski definition) is 4. The zero-order valence-corrected chi connectivity index (χ0v) is 16.0. The largest absolute Gasteiger partial charge is 0.464 e. The van der Waals surface area contributed by atoms with Gasteiger partial charge in [-0.3, -0.25) is 0 Å². The van der Waals surface area contributed by atoms with Crippen molar-refractivity contribution < 1.29 is 18.4 Å². The number of carbonyl (C=O) groups excluding carboxylic acids is 1. The number of hydrogen-bond donors (Lipinski definition) is 0. The van der Waals surface area contributed by atoms with E-state index < -0.39 is 0 Å². The van der Waals surface area contributed by atoms with Crippen LogP contribution in [0.4, 0.5) is 0 Å². The molecule has 0 saturated carbocycles. The molecule has 4 rings (SSSR count). The molecule has 0 fully saturated rings. The van der Waals surface area contributed by atoms with Crippen molar-refractivity contribution in [3.63, 3.8) is 0 Å². The molecule has 4 aromatic rings. The molecule has 0 amide bonds. The summed E-state index contributed by atoms with van der Waals surface area (Å²) < 4.78 is 16.0. The van der Waals surface area contributed by atoms with Crippen LogP contribution in [-0.4, -0.2) is 12.6 Å². The molecule has 0 aliphatic heterocycles. The molecule has 0 radical (unpaired) electrons. The van der Waals surface area contributed by atoms with Crippen LogP contribution in [0, 0.1) is 0 Å². The fourth-order valence-corrected chi connectivity index (χ4v) is 3.15. The summed E-state index contributed by atoms with van der Waals surface area (Å²) in [6.07, 6.45) is 4.83. The minimum Gasteiger partial charge on any atom is -0.464 e. The monoisotopic (exact) mass is 384 g/mol. The lowest BCUT2D eigenvalue weighted by Crippen LogP contribution is -2.02. The van der Waals surface area contributed by atoms with Crippen molar-refractivity contribution in [2.24, 2.45) is 0 Å². The van der Waals surface area contributed by atoms with E-state index in [4.69, 9.17) is 13.6 Å². The highest BCUT2D eigenvalue weighted by Gasteiger charge is 2.11. The molecule has 0 spiro atoms. The van der Waals surface area contributed by atoms with Gasteiger partial charge < -0.3 is 13.6 Å². The SMILES string of the molecule is CCOC(=O)C=C(c1ccc(-c2ccco2)cc1)c1ccc(-c2ccco2)cc1. The Balaban J connectivity index is 1.69. The van der Waals surface area contributed by atoms with Crippen molar-refractivity contribution in [2.75, 3.05) is 6.61 Å². The molecular weight excluding hydrogens is 364 g/mol. The van der Waals surface area contributed by atoms with E-state index in [1.165, 1.54) is 6.08 Å². The summed E-state index contributed by atoms with van der Waals surface area (Å²) >= 11 is 0. The van der Waals surface area contributed by atoms with Gasteiger partial charge in [0.2, 0.25) is 0 Å². The summed E-state index contributed by atoms with van der Waals surface area (Å²) in [5, 5.41) is 0. The van der Waals surface area contributed by atoms with E-state index in [1.807, 2.05) is 72.8 Å². The second-order valence-corrected chi connectivity index (χ2v) is 6.42. The van der Waals surface area contributed by atoms with Gasteiger partial charge in [0.25, 0.3) is 0 Å². The Labute approximate surface area is 169 Å². The van der Waals surface area contributed by atoms with Gasteiger partial charge >= 0.3 is 5.97 Å². The molecule has 2 aromatic heterocycles. The molecule has 0 N–H and O–H groups in total. The van der Waals surface area contributed by atoms with E-state index >= 15 is 0 Å². The molecule has 0 atom stereocenters. The third kappa shape index (κ3) is 4.22. The minimum absolute atomic E-state index is 0.331. The Hall–Kier alpha value is -3.79. The van der Waals surface area contributed by atoms with E-state index in [-0.39, 0.29) is 5.97 Å². The highest BCUT2D eigenvalue weighted by molar-refractivity contribution is 5.96. The van der Waals surface area contributed by atoms with Crippen LogP contribution in [0.5, 0.6) is 0 Å². The molecule has 144 valence electrons. The first-order chi connectivity index (χ1) is 14.2. The van der Waals surface area contributed by atoms with Gasteiger partial charge in [-0.1, -0.05) is 48.5 Å². The van der Waals surface area contributed by atoms with Gasteiger partial charge in [-0.15, -0.1) is 0 Å². The Morgan fingerprint density at radius 2 is 1.28 bits per heavy atom. The first-order valence-corrected chi connectivity index (χ1v) is 9.41. The molecule has 0 aliphatic carbocycles. The predicted octanol–water partition coefficient (Wildman–Crippen LogP) is 6.20.